The van der Waals surface area contributed by atoms with E-state index in [-0.39, 0.29) is 18.0 Å². The quantitative estimate of drug-likeness (QED) is 0.737. The van der Waals surface area contributed by atoms with E-state index in [1.807, 2.05) is 29.8 Å². The molecular weight excluding hydrogens is 381 g/mol. The molecule has 2 fully saturated rings. The Morgan fingerprint density at radius 1 is 1.20 bits per heavy atom. The van der Waals surface area contributed by atoms with Crippen LogP contribution >= 0.6 is 0 Å². The predicted molar refractivity (Wildman–Crippen MR) is 117 cm³/mol. The van der Waals surface area contributed by atoms with E-state index in [0.717, 1.165) is 51.4 Å². The van der Waals surface area contributed by atoms with Crippen LogP contribution in [0.3, 0.4) is 0 Å². The number of aryl methyl sites for hydroxylation is 1. The molecule has 4 rings (SSSR count). The second-order valence-corrected chi connectivity index (χ2v) is 8.38. The van der Waals surface area contributed by atoms with Gasteiger partial charge >= 0.3 is 0 Å². The maximum Gasteiger partial charge on any atom is 0.146 e. The van der Waals surface area contributed by atoms with Gasteiger partial charge in [-0.3, -0.25) is 14.5 Å². The number of aliphatic hydroxyl groups excluding tert-OH is 1. The SMILES string of the molecule is C=CCn1cc(CN2CC[C@@H](N3CCN(c4ccccc4F)CC3)[C@H](O)C2)c(C)n1. The van der Waals surface area contributed by atoms with Crippen LogP contribution in [0.25, 0.3) is 0 Å². The molecule has 3 heterocycles. The molecule has 0 saturated carbocycles. The van der Waals surface area contributed by atoms with E-state index < -0.39 is 0 Å². The minimum absolute atomic E-state index is 0.161. The highest BCUT2D eigenvalue weighted by molar-refractivity contribution is 5.48. The van der Waals surface area contributed by atoms with Crippen molar-refractivity contribution in [2.45, 2.75) is 38.6 Å². The van der Waals surface area contributed by atoms with E-state index in [9.17, 15) is 9.50 Å². The van der Waals surface area contributed by atoms with Gasteiger partial charge in [-0.25, -0.2) is 4.39 Å². The molecule has 30 heavy (non-hydrogen) atoms. The molecule has 0 bridgehead atoms. The maximum atomic E-state index is 14.1. The van der Waals surface area contributed by atoms with Gasteiger partial charge < -0.3 is 10.0 Å². The number of aromatic nitrogens is 2. The molecule has 2 aromatic rings. The van der Waals surface area contributed by atoms with Crippen molar-refractivity contribution in [2.75, 3.05) is 44.2 Å². The van der Waals surface area contributed by atoms with Gasteiger partial charge in [0.1, 0.15) is 5.82 Å². The number of β-amino-alcohol motifs (C(OH)–C–C–N with tert-alkyl or cyclic N) is 1. The molecule has 6 nitrogen and oxygen atoms in total. The summed E-state index contributed by atoms with van der Waals surface area (Å²) in [5.74, 6) is -0.161. The number of likely N-dealkylation sites (tertiary alicyclic amines) is 1. The zero-order valence-corrected chi connectivity index (χ0v) is 17.8. The molecule has 1 aromatic carbocycles. The van der Waals surface area contributed by atoms with Gasteiger partial charge in [0.15, 0.2) is 0 Å². The van der Waals surface area contributed by atoms with Gasteiger partial charge in [0.05, 0.1) is 24.0 Å². The Morgan fingerprint density at radius 2 is 1.97 bits per heavy atom. The first-order chi connectivity index (χ1) is 14.5. The minimum atomic E-state index is -0.373. The van der Waals surface area contributed by atoms with Crippen LogP contribution in [0.5, 0.6) is 0 Å². The summed E-state index contributed by atoms with van der Waals surface area (Å²) in [6.45, 7) is 12.2. The molecule has 0 spiro atoms. The number of hydrogen-bond donors (Lipinski definition) is 1. The molecule has 2 aliphatic heterocycles. The van der Waals surface area contributed by atoms with Gasteiger partial charge in [-0.1, -0.05) is 18.2 Å². The number of aliphatic hydroxyl groups is 1. The first kappa shape index (κ1) is 21.0. The lowest BCUT2D eigenvalue weighted by molar-refractivity contribution is -0.0172. The fourth-order valence-corrected chi connectivity index (χ4v) is 4.74. The highest BCUT2D eigenvalue weighted by atomic mass is 19.1. The van der Waals surface area contributed by atoms with E-state index in [1.165, 1.54) is 11.6 Å². The lowest BCUT2D eigenvalue weighted by Crippen LogP contribution is -2.58. The van der Waals surface area contributed by atoms with Gasteiger partial charge in [0, 0.05) is 63.6 Å². The number of benzene rings is 1. The molecule has 1 aromatic heterocycles. The molecule has 7 heteroatoms. The maximum absolute atomic E-state index is 14.1. The number of nitrogens with zero attached hydrogens (tertiary/aromatic N) is 5. The van der Waals surface area contributed by atoms with Crippen molar-refractivity contribution in [1.29, 1.82) is 0 Å². The second-order valence-electron chi connectivity index (χ2n) is 8.38. The zero-order valence-electron chi connectivity index (χ0n) is 17.8. The van der Waals surface area contributed by atoms with E-state index in [4.69, 9.17) is 0 Å². The van der Waals surface area contributed by atoms with E-state index in [2.05, 4.69) is 32.6 Å². The fraction of sp³-hybridized carbons (Fsp3) is 0.522. The predicted octanol–water partition coefficient (Wildman–Crippen LogP) is 2.27. The third kappa shape index (κ3) is 4.58. The van der Waals surface area contributed by atoms with Gasteiger partial charge in [0.2, 0.25) is 0 Å². The third-order valence-electron chi connectivity index (χ3n) is 6.37. The van der Waals surface area contributed by atoms with Crippen LogP contribution in [0.15, 0.2) is 43.1 Å². The van der Waals surface area contributed by atoms with Crippen molar-refractivity contribution in [3.63, 3.8) is 0 Å². The molecule has 2 atom stereocenters. The first-order valence-corrected chi connectivity index (χ1v) is 10.8. The summed E-state index contributed by atoms with van der Waals surface area (Å²) in [5.41, 5.74) is 2.93. The van der Waals surface area contributed by atoms with Crippen LogP contribution in [-0.4, -0.2) is 76.1 Å². The van der Waals surface area contributed by atoms with Crippen LogP contribution in [0.4, 0.5) is 10.1 Å². The van der Waals surface area contributed by atoms with Gasteiger partial charge in [-0.15, -0.1) is 6.58 Å². The monoisotopic (exact) mass is 413 g/mol. The molecular formula is C23H32FN5O. The average molecular weight is 414 g/mol. The molecule has 0 aliphatic carbocycles. The first-order valence-electron chi connectivity index (χ1n) is 10.8. The number of anilines is 1. The molecule has 2 aliphatic rings. The summed E-state index contributed by atoms with van der Waals surface area (Å²) < 4.78 is 16.0. The molecule has 0 amide bonds. The Balaban J connectivity index is 1.30. The number of halogens is 1. The Labute approximate surface area is 178 Å². The Hall–Kier alpha value is -2.22. The highest BCUT2D eigenvalue weighted by Crippen LogP contribution is 2.24. The van der Waals surface area contributed by atoms with Crippen LogP contribution < -0.4 is 4.90 Å². The van der Waals surface area contributed by atoms with Gasteiger partial charge in [-0.2, -0.15) is 5.10 Å². The topological polar surface area (TPSA) is 47.8 Å². The summed E-state index contributed by atoms with van der Waals surface area (Å²) in [4.78, 5) is 6.81. The summed E-state index contributed by atoms with van der Waals surface area (Å²) in [6, 6.07) is 7.15. The van der Waals surface area contributed by atoms with Gasteiger partial charge in [0.25, 0.3) is 0 Å². The largest absolute Gasteiger partial charge is 0.390 e. The summed E-state index contributed by atoms with van der Waals surface area (Å²) in [7, 11) is 0. The van der Waals surface area contributed by atoms with Gasteiger partial charge in [-0.05, 0) is 25.5 Å². The standard InChI is InChI=1S/C23H32FN5O/c1-3-9-29-16-19(18(2)25-29)15-26-10-8-22(23(30)17-26)28-13-11-27(12-14-28)21-7-5-4-6-20(21)24/h3-7,16,22-23,30H,1,8-15,17H2,2H3/t22-,23-/m1/s1. The Morgan fingerprint density at radius 3 is 2.67 bits per heavy atom. The van der Waals surface area contributed by atoms with E-state index in [1.54, 1.807) is 6.07 Å². The van der Waals surface area contributed by atoms with Crippen LogP contribution in [-0.2, 0) is 13.1 Å². The van der Waals surface area contributed by atoms with E-state index in [0.29, 0.717) is 18.8 Å². The smallest absolute Gasteiger partial charge is 0.146 e. The van der Waals surface area contributed by atoms with Crippen molar-refractivity contribution < 1.29 is 9.50 Å². The van der Waals surface area contributed by atoms with E-state index >= 15 is 0 Å². The molecule has 0 unspecified atom stereocenters. The highest BCUT2D eigenvalue weighted by Gasteiger charge is 2.34. The normalized spacial score (nSPS) is 23.6. The van der Waals surface area contributed by atoms with Crippen LogP contribution in [0.2, 0.25) is 0 Å². The minimum Gasteiger partial charge on any atom is -0.390 e. The second kappa shape index (κ2) is 9.29. The lowest BCUT2D eigenvalue weighted by atomic mass is 9.98. The van der Waals surface area contributed by atoms with Crippen LogP contribution in [0.1, 0.15) is 17.7 Å². The summed E-state index contributed by atoms with van der Waals surface area (Å²) in [6.07, 6.45) is 4.50. The van der Waals surface area contributed by atoms with Crippen molar-refractivity contribution in [3.05, 3.63) is 60.2 Å². The number of piperidine rings is 1. The zero-order chi connectivity index (χ0) is 21.1. The number of para-hydroxylation sites is 1. The van der Waals surface area contributed by atoms with Crippen molar-refractivity contribution >= 4 is 5.69 Å². The molecule has 1 N–H and O–H groups in total. The number of allylic oxidation sites excluding steroid dienone is 1. The molecule has 162 valence electrons. The van der Waals surface area contributed by atoms with Crippen molar-refractivity contribution in [3.8, 4) is 0 Å². The lowest BCUT2D eigenvalue weighted by Gasteiger charge is -2.45. The Kier molecular flexibility index (Phi) is 6.51. The molecule has 0 radical (unpaired) electrons. The third-order valence-corrected chi connectivity index (χ3v) is 6.37. The summed E-state index contributed by atoms with van der Waals surface area (Å²) >= 11 is 0. The number of hydrogen-bond acceptors (Lipinski definition) is 5. The average Bonchev–Trinajstić information content (AvgIpc) is 3.08. The fourth-order valence-electron chi connectivity index (χ4n) is 4.74. The Bertz CT molecular complexity index is 861. The summed E-state index contributed by atoms with van der Waals surface area (Å²) in [5, 5.41) is 15.4. The molecule has 2 saturated heterocycles. The number of piperazine rings is 1. The van der Waals surface area contributed by atoms with Crippen molar-refractivity contribution in [2.24, 2.45) is 0 Å². The van der Waals surface area contributed by atoms with Crippen molar-refractivity contribution in [1.82, 2.24) is 19.6 Å². The number of rotatable bonds is 6. The van der Waals surface area contributed by atoms with Crippen LogP contribution in [0, 0.1) is 12.7 Å².